The fourth-order valence-corrected chi connectivity index (χ4v) is 7.97. The molecule has 46 heavy (non-hydrogen) atoms. The van der Waals surface area contributed by atoms with Crippen molar-refractivity contribution in [2.24, 2.45) is 0 Å². The lowest BCUT2D eigenvalue weighted by Gasteiger charge is -2.34. The number of allylic oxidation sites excluding steroid dienone is 5. The molecule has 1 unspecified atom stereocenters. The van der Waals surface area contributed by atoms with Gasteiger partial charge in [0.1, 0.15) is 11.8 Å². The molecule has 3 aliphatic rings. The number of piperazine rings is 1. The molecule has 2 aromatic rings. The van der Waals surface area contributed by atoms with Crippen LogP contribution in [0.3, 0.4) is 0 Å². The minimum absolute atomic E-state index is 0.0246. The Morgan fingerprint density at radius 2 is 1.65 bits per heavy atom. The highest BCUT2D eigenvalue weighted by Crippen LogP contribution is 2.38. The normalized spacial score (nSPS) is 17.9. The predicted molar refractivity (Wildman–Crippen MR) is 178 cm³/mol. The average molecular weight is 690 g/mol. The van der Waals surface area contributed by atoms with Gasteiger partial charge in [0.2, 0.25) is 10.0 Å². The van der Waals surface area contributed by atoms with Crippen LogP contribution >= 0.6 is 23.2 Å². The first kappa shape index (κ1) is 33.3. The zero-order chi connectivity index (χ0) is 33.2. The maximum atomic E-state index is 13.9. The van der Waals surface area contributed by atoms with Crippen LogP contribution in [0.1, 0.15) is 25.8 Å². The van der Waals surface area contributed by atoms with Crippen LogP contribution in [-0.4, -0.2) is 80.1 Å². The molecular formula is C31H34Cl2N6O6S. The zero-order valence-corrected chi connectivity index (χ0v) is 27.8. The van der Waals surface area contributed by atoms with Gasteiger partial charge in [-0.3, -0.25) is 4.31 Å². The smallest absolute Gasteiger partial charge is 0.414 e. The van der Waals surface area contributed by atoms with Gasteiger partial charge in [0, 0.05) is 54.9 Å². The number of benzene rings is 1. The standard InChI is InChI=1S/C31H34Cl2N6O6S/c1-20(2)44-30(40)19-39(46(42,43)26-17-23(32)16-24(33)18-26)25-5-6-27-22(15-25)9-10-38(27)29-8-7-28(34-35-29)36-11-13-37(14-12-36)31(41)45-21(3)4/h5-8,15-17,26H,1,3,9-14,18-19H2,2,4H3. The number of rotatable bonds is 9. The Kier molecular flexibility index (Phi) is 9.94. The highest BCUT2D eigenvalue weighted by atomic mass is 35.5. The van der Waals surface area contributed by atoms with Crippen molar-refractivity contribution < 1.29 is 27.5 Å². The molecule has 15 heteroatoms. The molecule has 1 amide bonds. The zero-order valence-electron chi connectivity index (χ0n) is 25.5. The van der Waals surface area contributed by atoms with Gasteiger partial charge >= 0.3 is 12.1 Å². The van der Waals surface area contributed by atoms with Gasteiger partial charge in [-0.1, -0.05) is 36.4 Å². The molecule has 1 aromatic carbocycles. The molecule has 1 aromatic heterocycles. The molecule has 12 nitrogen and oxygen atoms in total. The Bertz CT molecular complexity index is 1720. The summed E-state index contributed by atoms with van der Waals surface area (Å²) in [5, 5.41) is 8.35. The minimum Gasteiger partial charge on any atom is -0.431 e. The first-order chi connectivity index (χ1) is 21.8. The Morgan fingerprint density at radius 3 is 2.28 bits per heavy atom. The van der Waals surface area contributed by atoms with Crippen molar-refractivity contribution in [3.63, 3.8) is 0 Å². The lowest BCUT2D eigenvalue weighted by molar-refractivity contribution is -0.137. The number of halogens is 2. The van der Waals surface area contributed by atoms with E-state index < -0.39 is 33.9 Å². The number of nitrogens with zero attached hydrogens (tertiary/aromatic N) is 6. The molecule has 1 aliphatic carbocycles. The highest BCUT2D eigenvalue weighted by molar-refractivity contribution is 7.93. The summed E-state index contributed by atoms with van der Waals surface area (Å²) < 4.78 is 39.0. The molecule has 5 rings (SSSR count). The number of ether oxygens (including phenoxy) is 2. The largest absolute Gasteiger partial charge is 0.431 e. The van der Waals surface area contributed by atoms with Gasteiger partial charge in [0.25, 0.3) is 0 Å². The van der Waals surface area contributed by atoms with Gasteiger partial charge in [-0.15, -0.1) is 10.2 Å². The molecule has 0 saturated carbocycles. The monoisotopic (exact) mass is 688 g/mol. The number of hydrogen-bond donors (Lipinski definition) is 0. The topological polar surface area (TPSA) is 125 Å². The van der Waals surface area contributed by atoms with E-state index in [0.29, 0.717) is 67.3 Å². The molecule has 1 fully saturated rings. The van der Waals surface area contributed by atoms with Crippen LogP contribution < -0.4 is 14.1 Å². The van der Waals surface area contributed by atoms with Crippen molar-refractivity contribution in [2.45, 2.75) is 31.9 Å². The van der Waals surface area contributed by atoms with Crippen molar-refractivity contribution >= 4 is 68.3 Å². The fourth-order valence-electron chi connectivity index (χ4n) is 5.46. The second-order valence-electron chi connectivity index (χ2n) is 11.1. The third kappa shape index (κ3) is 7.48. The summed E-state index contributed by atoms with van der Waals surface area (Å²) in [5.41, 5.74) is 2.04. The number of anilines is 4. The summed E-state index contributed by atoms with van der Waals surface area (Å²) in [7, 11) is -4.14. The summed E-state index contributed by atoms with van der Waals surface area (Å²) in [4.78, 5) is 30.5. The van der Waals surface area contributed by atoms with Gasteiger partial charge in [-0.2, -0.15) is 0 Å². The van der Waals surface area contributed by atoms with E-state index in [9.17, 15) is 18.0 Å². The average Bonchev–Trinajstić information content (AvgIpc) is 3.42. The molecule has 1 atom stereocenters. The van der Waals surface area contributed by atoms with Gasteiger partial charge in [-0.05, 0) is 68.3 Å². The van der Waals surface area contributed by atoms with Gasteiger partial charge in [0.05, 0.1) is 17.2 Å². The van der Waals surface area contributed by atoms with E-state index in [2.05, 4.69) is 28.3 Å². The van der Waals surface area contributed by atoms with Crippen LogP contribution in [0.2, 0.25) is 0 Å². The molecular weight excluding hydrogens is 655 g/mol. The second kappa shape index (κ2) is 13.7. The van der Waals surface area contributed by atoms with Crippen molar-refractivity contribution in [3.05, 3.63) is 82.8 Å². The van der Waals surface area contributed by atoms with Gasteiger partial charge in [0.15, 0.2) is 11.6 Å². The molecule has 1 saturated heterocycles. The minimum atomic E-state index is -4.14. The third-order valence-electron chi connectivity index (χ3n) is 7.57. The lowest BCUT2D eigenvalue weighted by atomic mass is 10.1. The van der Waals surface area contributed by atoms with E-state index in [0.717, 1.165) is 15.6 Å². The Morgan fingerprint density at radius 1 is 0.978 bits per heavy atom. The van der Waals surface area contributed by atoms with Crippen molar-refractivity contribution in [1.29, 1.82) is 0 Å². The number of amides is 1. The number of hydrogen-bond acceptors (Lipinski definition) is 10. The predicted octanol–water partition coefficient (Wildman–Crippen LogP) is 5.19. The summed E-state index contributed by atoms with van der Waals surface area (Å²) >= 11 is 12.3. The van der Waals surface area contributed by atoms with Crippen LogP contribution in [0.25, 0.3) is 0 Å². The summed E-state index contributed by atoms with van der Waals surface area (Å²) in [6.07, 6.45) is 3.14. The Balaban J connectivity index is 1.33. The van der Waals surface area contributed by atoms with E-state index in [-0.39, 0.29) is 17.2 Å². The molecule has 0 spiro atoms. The van der Waals surface area contributed by atoms with Gasteiger partial charge < -0.3 is 24.2 Å². The van der Waals surface area contributed by atoms with E-state index in [1.54, 1.807) is 30.0 Å². The van der Waals surface area contributed by atoms with E-state index in [4.69, 9.17) is 32.7 Å². The number of aromatic nitrogens is 2. The molecule has 3 heterocycles. The second-order valence-corrected chi connectivity index (χ2v) is 14.1. The summed E-state index contributed by atoms with van der Waals surface area (Å²) in [5.74, 6) is 1.06. The van der Waals surface area contributed by atoms with Crippen LogP contribution in [0.5, 0.6) is 0 Å². The van der Waals surface area contributed by atoms with Crippen molar-refractivity contribution in [2.75, 3.05) is 53.4 Å². The maximum absolute atomic E-state index is 13.9. The molecule has 0 bridgehead atoms. The van der Waals surface area contributed by atoms with Crippen LogP contribution in [0.15, 0.2) is 77.2 Å². The number of fused-ring (bicyclic) bond motifs is 1. The first-order valence-electron chi connectivity index (χ1n) is 14.5. The van der Waals surface area contributed by atoms with Crippen LogP contribution in [0.4, 0.5) is 27.8 Å². The molecule has 2 aliphatic heterocycles. The molecule has 244 valence electrons. The Labute approximate surface area is 278 Å². The number of carbonyl (C=O) groups excluding carboxylic acids is 2. The number of sulfonamides is 1. The van der Waals surface area contributed by atoms with Crippen LogP contribution in [-0.2, 0) is 30.7 Å². The Hall–Kier alpha value is -4.07. The van der Waals surface area contributed by atoms with Crippen molar-refractivity contribution in [3.8, 4) is 0 Å². The molecule has 0 N–H and O–H groups in total. The maximum Gasteiger partial charge on any atom is 0.414 e. The van der Waals surface area contributed by atoms with E-state index >= 15 is 0 Å². The lowest BCUT2D eigenvalue weighted by Crippen LogP contribution is -2.49. The SMILES string of the molecule is C=C(C)OC(=O)CN(c1ccc2c(c1)CCN2c1ccc(N2CCN(C(=O)OC(=C)C)CC2)nn1)S(=O)(=O)C1C=C(Cl)C=C(Cl)C1. The quantitative estimate of drug-likeness (QED) is 0.257. The van der Waals surface area contributed by atoms with E-state index in [1.807, 2.05) is 17.0 Å². The van der Waals surface area contributed by atoms with E-state index in [1.165, 1.54) is 19.1 Å². The fraction of sp³-hybridized carbons (Fsp3) is 0.355. The summed E-state index contributed by atoms with van der Waals surface area (Å²) in [6, 6.07) is 8.98. The highest BCUT2D eigenvalue weighted by Gasteiger charge is 2.36. The van der Waals surface area contributed by atoms with Crippen LogP contribution in [0, 0.1) is 0 Å². The van der Waals surface area contributed by atoms with Gasteiger partial charge in [-0.25, -0.2) is 18.0 Å². The first-order valence-corrected chi connectivity index (χ1v) is 16.8. The summed E-state index contributed by atoms with van der Waals surface area (Å²) in [6.45, 7) is 12.5. The number of esters is 1. The number of carbonyl (C=O) groups is 2. The third-order valence-corrected chi connectivity index (χ3v) is 10.1. The van der Waals surface area contributed by atoms with Crippen molar-refractivity contribution in [1.82, 2.24) is 15.1 Å². The molecule has 0 radical (unpaired) electrons.